The van der Waals surface area contributed by atoms with Gasteiger partial charge in [-0.05, 0) is 35.8 Å². The van der Waals surface area contributed by atoms with Crippen LogP contribution in [-0.2, 0) is 11.2 Å². The third-order valence-corrected chi connectivity index (χ3v) is 3.90. The Hall–Kier alpha value is -3.86. The molecule has 1 N–H and O–H groups in total. The van der Waals surface area contributed by atoms with Crippen LogP contribution in [0.3, 0.4) is 0 Å². The van der Waals surface area contributed by atoms with Crippen LogP contribution in [0.2, 0.25) is 0 Å². The lowest BCUT2D eigenvalue weighted by Gasteiger charge is -2.10. The monoisotopic (exact) mass is 381 g/mol. The van der Waals surface area contributed by atoms with Gasteiger partial charge in [0.1, 0.15) is 11.6 Å². The van der Waals surface area contributed by atoms with Crippen molar-refractivity contribution < 1.29 is 19.2 Å². The highest BCUT2D eigenvalue weighted by molar-refractivity contribution is 6.01. The lowest BCUT2D eigenvalue weighted by Crippen LogP contribution is -2.26. The minimum Gasteiger partial charge on any atom is -0.493 e. The average Bonchev–Trinajstić information content (AvgIpc) is 2.71. The van der Waals surface area contributed by atoms with E-state index >= 15 is 0 Å². The summed E-state index contributed by atoms with van der Waals surface area (Å²) in [5.41, 5.74) is 1.09. The summed E-state index contributed by atoms with van der Waals surface area (Å²) in [6.45, 7) is 0.308. The molecule has 0 spiro atoms. The first-order chi connectivity index (χ1) is 13.5. The Bertz CT molecular complexity index is 947. The molecule has 0 aliphatic rings. The van der Waals surface area contributed by atoms with Gasteiger partial charge in [0.15, 0.2) is 11.5 Å². The molecular formula is C20H19N3O5. The van der Waals surface area contributed by atoms with E-state index in [2.05, 4.69) is 5.32 Å². The van der Waals surface area contributed by atoms with Crippen molar-refractivity contribution in [2.24, 2.45) is 0 Å². The Morgan fingerprint density at radius 1 is 1.21 bits per heavy atom. The van der Waals surface area contributed by atoms with E-state index in [9.17, 15) is 20.2 Å². The van der Waals surface area contributed by atoms with E-state index in [1.165, 1.54) is 24.3 Å². The maximum atomic E-state index is 12.2. The van der Waals surface area contributed by atoms with Crippen molar-refractivity contribution in [3.05, 3.63) is 69.3 Å². The molecule has 0 aliphatic carbocycles. The minimum atomic E-state index is -0.547. The van der Waals surface area contributed by atoms with Gasteiger partial charge in [0.05, 0.1) is 19.1 Å². The van der Waals surface area contributed by atoms with Gasteiger partial charge in [-0.3, -0.25) is 14.9 Å². The van der Waals surface area contributed by atoms with Crippen molar-refractivity contribution in [2.75, 3.05) is 20.8 Å². The van der Waals surface area contributed by atoms with E-state index in [4.69, 9.17) is 9.47 Å². The molecule has 0 atom stereocenters. The van der Waals surface area contributed by atoms with Crippen molar-refractivity contribution in [2.45, 2.75) is 6.42 Å². The number of benzene rings is 2. The quantitative estimate of drug-likeness (QED) is 0.325. The highest BCUT2D eigenvalue weighted by Gasteiger charge is 2.11. The molecule has 2 aromatic carbocycles. The number of nitrogens with zero attached hydrogens (tertiary/aromatic N) is 2. The Kier molecular flexibility index (Phi) is 7.11. The predicted octanol–water partition coefficient (Wildman–Crippen LogP) is 2.88. The fourth-order valence-corrected chi connectivity index (χ4v) is 2.50. The van der Waals surface area contributed by atoms with Crippen LogP contribution < -0.4 is 14.8 Å². The second-order valence-electron chi connectivity index (χ2n) is 5.72. The molecule has 0 aromatic heterocycles. The Labute approximate surface area is 162 Å². The zero-order valence-electron chi connectivity index (χ0n) is 15.5. The average molecular weight is 381 g/mol. The molecule has 144 valence electrons. The van der Waals surface area contributed by atoms with Crippen LogP contribution in [0, 0.1) is 21.4 Å². The second kappa shape index (κ2) is 9.73. The van der Waals surface area contributed by atoms with Crippen LogP contribution >= 0.6 is 0 Å². The summed E-state index contributed by atoms with van der Waals surface area (Å²) < 4.78 is 10.4. The number of carbonyl (C=O) groups excluding carboxylic acids is 1. The third-order valence-electron chi connectivity index (χ3n) is 3.90. The van der Waals surface area contributed by atoms with Gasteiger partial charge in [0.2, 0.25) is 0 Å². The molecule has 1 amide bonds. The van der Waals surface area contributed by atoms with E-state index in [-0.39, 0.29) is 11.3 Å². The molecule has 0 radical (unpaired) electrons. The number of ether oxygens (including phenoxy) is 2. The van der Waals surface area contributed by atoms with Gasteiger partial charge in [-0.1, -0.05) is 18.2 Å². The largest absolute Gasteiger partial charge is 0.493 e. The zero-order chi connectivity index (χ0) is 20.5. The summed E-state index contributed by atoms with van der Waals surface area (Å²) in [5, 5.41) is 22.7. The number of methoxy groups -OCH3 is 2. The molecule has 8 nitrogen and oxygen atoms in total. The summed E-state index contributed by atoms with van der Waals surface area (Å²) in [5.74, 6) is 0.658. The number of non-ortho nitro benzene ring substituents is 1. The Morgan fingerprint density at radius 2 is 1.96 bits per heavy atom. The second-order valence-corrected chi connectivity index (χ2v) is 5.72. The van der Waals surface area contributed by atoms with Gasteiger partial charge in [-0.2, -0.15) is 5.26 Å². The van der Waals surface area contributed by atoms with Gasteiger partial charge in [0.25, 0.3) is 11.6 Å². The topological polar surface area (TPSA) is 114 Å². The molecule has 2 aromatic rings. The molecule has 0 saturated carbocycles. The first kappa shape index (κ1) is 20.5. The Morgan fingerprint density at radius 3 is 2.61 bits per heavy atom. The molecule has 0 fully saturated rings. The molecule has 28 heavy (non-hydrogen) atoms. The number of nitro benzene ring substituents is 1. The van der Waals surface area contributed by atoms with Crippen LogP contribution in [0.1, 0.15) is 11.1 Å². The van der Waals surface area contributed by atoms with Crippen molar-refractivity contribution in [1.29, 1.82) is 5.26 Å². The SMILES string of the molecule is COc1ccc(CCNC(=O)/C(C#N)=C/c2cccc([N+](=O)[O-])c2)cc1OC. The smallest absolute Gasteiger partial charge is 0.270 e. The van der Waals surface area contributed by atoms with Gasteiger partial charge < -0.3 is 14.8 Å². The molecule has 2 rings (SSSR count). The van der Waals surface area contributed by atoms with E-state index in [0.717, 1.165) is 5.56 Å². The lowest BCUT2D eigenvalue weighted by atomic mass is 10.1. The summed E-state index contributed by atoms with van der Waals surface area (Å²) in [6.07, 6.45) is 1.85. The van der Waals surface area contributed by atoms with Crippen LogP contribution in [0.25, 0.3) is 6.08 Å². The van der Waals surface area contributed by atoms with E-state index in [0.29, 0.717) is 30.0 Å². The van der Waals surface area contributed by atoms with Gasteiger partial charge in [0, 0.05) is 18.7 Å². The standard InChI is InChI=1S/C20H19N3O5/c1-27-18-7-6-14(12-19(18)28-2)8-9-22-20(24)16(13-21)10-15-4-3-5-17(11-15)23(25)26/h3-7,10-12H,8-9H2,1-2H3,(H,22,24)/b16-10+. The lowest BCUT2D eigenvalue weighted by molar-refractivity contribution is -0.384. The molecule has 0 aliphatic heterocycles. The van der Waals surface area contributed by atoms with Crippen molar-refractivity contribution in [3.8, 4) is 17.6 Å². The van der Waals surface area contributed by atoms with Crippen LogP contribution in [0.5, 0.6) is 11.5 Å². The maximum absolute atomic E-state index is 12.2. The van der Waals surface area contributed by atoms with Crippen LogP contribution in [-0.4, -0.2) is 31.6 Å². The van der Waals surface area contributed by atoms with Gasteiger partial charge in [-0.15, -0.1) is 0 Å². The van der Waals surface area contributed by atoms with E-state index in [1.807, 2.05) is 18.2 Å². The Balaban J connectivity index is 2.02. The first-order valence-corrected chi connectivity index (χ1v) is 8.34. The number of nitriles is 1. The highest BCUT2D eigenvalue weighted by Crippen LogP contribution is 2.27. The maximum Gasteiger partial charge on any atom is 0.270 e. The number of rotatable bonds is 8. The summed E-state index contributed by atoms with van der Waals surface area (Å²) in [4.78, 5) is 22.5. The molecule has 8 heteroatoms. The van der Waals surface area contributed by atoms with Gasteiger partial charge >= 0.3 is 0 Å². The van der Waals surface area contributed by atoms with Crippen molar-refractivity contribution >= 4 is 17.7 Å². The number of hydrogen-bond donors (Lipinski definition) is 1. The van der Waals surface area contributed by atoms with Crippen LogP contribution in [0.15, 0.2) is 48.0 Å². The van der Waals surface area contributed by atoms with Crippen LogP contribution in [0.4, 0.5) is 5.69 Å². The first-order valence-electron chi connectivity index (χ1n) is 8.34. The van der Waals surface area contributed by atoms with Crippen molar-refractivity contribution in [3.63, 3.8) is 0 Å². The summed E-state index contributed by atoms with van der Waals surface area (Å²) >= 11 is 0. The fourth-order valence-electron chi connectivity index (χ4n) is 2.50. The predicted molar refractivity (Wildman–Crippen MR) is 103 cm³/mol. The van der Waals surface area contributed by atoms with Gasteiger partial charge in [-0.25, -0.2) is 0 Å². The molecule has 0 heterocycles. The number of nitro groups is 1. The number of carbonyl (C=O) groups is 1. The third kappa shape index (κ3) is 5.32. The van der Waals surface area contributed by atoms with E-state index < -0.39 is 10.8 Å². The fraction of sp³-hybridized carbons (Fsp3) is 0.200. The molecular weight excluding hydrogens is 362 g/mol. The van der Waals surface area contributed by atoms with E-state index in [1.54, 1.807) is 26.4 Å². The zero-order valence-corrected chi connectivity index (χ0v) is 15.5. The molecule has 0 saturated heterocycles. The number of nitrogens with one attached hydrogen (secondary N) is 1. The summed E-state index contributed by atoms with van der Waals surface area (Å²) in [6, 6.07) is 13.0. The normalized spacial score (nSPS) is 10.7. The minimum absolute atomic E-state index is 0.111. The molecule has 0 unspecified atom stereocenters. The number of hydrogen-bond acceptors (Lipinski definition) is 6. The van der Waals surface area contributed by atoms with Crippen molar-refractivity contribution in [1.82, 2.24) is 5.32 Å². The highest BCUT2D eigenvalue weighted by atomic mass is 16.6. The molecule has 0 bridgehead atoms. The summed E-state index contributed by atoms with van der Waals surface area (Å²) in [7, 11) is 3.09. The number of amides is 1.